The molecule has 0 spiro atoms. The molecule has 0 unspecified atom stereocenters. The van der Waals surface area contributed by atoms with E-state index in [0.717, 1.165) is 11.8 Å². The third-order valence-corrected chi connectivity index (χ3v) is 7.41. The number of benzene rings is 3. The predicted octanol–water partition coefficient (Wildman–Crippen LogP) is 4.58. The van der Waals surface area contributed by atoms with Crippen molar-refractivity contribution < 1.29 is 22.7 Å². The van der Waals surface area contributed by atoms with Crippen molar-refractivity contribution >= 4 is 44.6 Å². The summed E-state index contributed by atoms with van der Waals surface area (Å²) in [6.07, 6.45) is 1.12. The van der Waals surface area contributed by atoms with Gasteiger partial charge < -0.3 is 15.4 Å². The van der Waals surface area contributed by atoms with Gasteiger partial charge in [-0.15, -0.1) is 0 Å². The summed E-state index contributed by atoms with van der Waals surface area (Å²) >= 11 is 6.34. The molecule has 1 heterocycles. The lowest BCUT2D eigenvalue weighted by Gasteiger charge is -2.19. The van der Waals surface area contributed by atoms with E-state index in [0.29, 0.717) is 5.69 Å². The molecular formula is C26H19ClN4O5S. The number of nitrogens with zero attached hydrogens (tertiary/aromatic N) is 3. The van der Waals surface area contributed by atoms with E-state index in [-0.39, 0.29) is 63.0 Å². The second-order valence-electron chi connectivity index (χ2n) is 8.39. The number of rotatable bonds is 6. The van der Waals surface area contributed by atoms with Gasteiger partial charge in [0.25, 0.3) is 0 Å². The van der Waals surface area contributed by atoms with E-state index in [1.54, 1.807) is 24.3 Å². The monoisotopic (exact) mass is 534 g/mol. The molecule has 0 radical (unpaired) electrons. The van der Waals surface area contributed by atoms with E-state index >= 15 is 0 Å². The summed E-state index contributed by atoms with van der Waals surface area (Å²) in [6, 6.07) is 15.7. The van der Waals surface area contributed by atoms with Crippen LogP contribution in [0.25, 0.3) is 4.85 Å². The molecule has 2 amide bonds. The van der Waals surface area contributed by atoms with Gasteiger partial charge in [-0.2, -0.15) is 5.26 Å². The molecule has 1 aliphatic rings. The molecule has 1 atom stereocenters. The van der Waals surface area contributed by atoms with Crippen molar-refractivity contribution in [3.8, 4) is 17.6 Å². The van der Waals surface area contributed by atoms with E-state index in [1.165, 1.54) is 35.2 Å². The van der Waals surface area contributed by atoms with E-state index in [9.17, 15) is 23.3 Å². The minimum absolute atomic E-state index is 0.0909. The maximum absolute atomic E-state index is 12.9. The quantitative estimate of drug-likeness (QED) is 0.460. The number of carbonyl (C=O) groups is 2. The molecule has 0 aliphatic carbocycles. The summed E-state index contributed by atoms with van der Waals surface area (Å²) in [4.78, 5) is 29.5. The zero-order chi connectivity index (χ0) is 26.9. The first-order chi connectivity index (χ1) is 17.5. The number of hydrogen-bond donors (Lipinski definition) is 1. The fourth-order valence-electron chi connectivity index (χ4n) is 4.15. The maximum Gasteiger partial charge on any atom is 0.250 e. The van der Waals surface area contributed by atoms with Gasteiger partial charge in [-0.1, -0.05) is 29.8 Å². The van der Waals surface area contributed by atoms with Crippen LogP contribution in [-0.4, -0.2) is 33.0 Å². The Morgan fingerprint density at radius 2 is 2.00 bits per heavy atom. The van der Waals surface area contributed by atoms with Gasteiger partial charge in [0, 0.05) is 30.8 Å². The van der Waals surface area contributed by atoms with E-state index in [2.05, 4.69) is 4.85 Å². The molecule has 3 aromatic carbocycles. The highest BCUT2D eigenvalue weighted by molar-refractivity contribution is 7.90. The standard InChI is InChI=1S/C26H19ClN4O5S/c1-30-21-5-3-4-16(13-28)25(21)36-22-10-15(6-8-20(22)27)17-11-24(32)31(14-17)18-7-9-23(37(2,34)35)19(12-18)26(29)33/h3-10,12,17H,11,14H2,2H3,(H2,29,33)/t17-/m0/s1. The van der Waals surface area contributed by atoms with Crippen LogP contribution in [0.3, 0.4) is 0 Å². The SMILES string of the molecule is [C-]#[N+]c1cccc(C#N)c1Oc1cc([C@H]2CC(=O)N(c3ccc(S(C)(=O)=O)c(C(N)=O)c3)C2)ccc1Cl. The van der Waals surface area contributed by atoms with Gasteiger partial charge >= 0.3 is 0 Å². The van der Waals surface area contributed by atoms with Gasteiger partial charge in [-0.3, -0.25) is 9.59 Å². The van der Waals surface area contributed by atoms with Crippen molar-refractivity contribution in [2.75, 3.05) is 17.7 Å². The summed E-state index contributed by atoms with van der Waals surface area (Å²) in [5, 5.41) is 9.68. The Kier molecular flexibility index (Phi) is 6.90. The van der Waals surface area contributed by atoms with Crippen LogP contribution in [0.1, 0.15) is 33.8 Å². The minimum Gasteiger partial charge on any atom is -0.465 e. The number of primary amides is 1. The van der Waals surface area contributed by atoms with Crippen LogP contribution in [0.15, 0.2) is 59.5 Å². The molecule has 37 heavy (non-hydrogen) atoms. The largest absolute Gasteiger partial charge is 0.465 e. The Hall–Kier alpha value is -4.38. The van der Waals surface area contributed by atoms with Crippen molar-refractivity contribution in [1.82, 2.24) is 0 Å². The van der Waals surface area contributed by atoms with Crippen LogP contribution in [0.5, 0.6) is 11.5 Å². The number of ether oxygens (including phenoxy) is 1. The fourth-order valence-corrected chi connectivity index (χ4v) is 5.18. The number of amides is 2. The second-order valence-corrected chi connectivity index (χ2v) is 10.8. The molecule has 0 bridgehead atoms. The zero-order valence-electron chi connectivity index (χ0n) is 19.4. The lowest BCUT2D eigenvalue weighted by molar-refractivity contribution is -0.117. The van der Waals surface area contributed by atoms with Crippen molar-refractivity contribution in [3.63, 3.8) is 0 Å². The second kappa shape index (κ2) is 9.94. The van der Waals surface area contributed by atoms with Gasteiger partial charge in [0.1, 0.15) is 11.8 Å². The number of halogens is 1. The van der Waals surface area contributed by atoms with Crippen molar-refractivity contribution in [3.05, 3.63) is 87.7 Å². The molecule has 4 rings (SSSR count). The number of hydrogen-bond acceptors (Lipinski definition) is 6. The van der Waals surface area contributed by atoms with E-state index in [1.807, 2.05) is 6.07 Å². The normalized spacial score (nSPS) is 15.2. The van der Waals surface area contributed by atoms with E-state index < -0.39 is 15.7 Å². The third kappa shape index (κ3) is 5.12. The third-order valence-electron chi connectivity index (χ3n) is 5.94. The van der Waals surface area contributed by atoms with Gasteiger partial charge in [0.05, 0.1) is 27.6 Å². The summed E-state index contributed by atoms with van der Waals surface area (Å²) in [7, 11) is -3.70. The smallest absolute Gasteiger partial charge is 0.250 e. The van der Waals surface area contributed by atoms with Crippen molar-refractivity contribution in [2.45, 2.75) is 17.2 Å². The first-order valence-corrected chi connectivity index (χ1v) is 13.1. The minimum atomic E-state index is -3.70. The molecular weight excluding hydrogens is 516 g/mol. The average molecular weight is 535 g/mol. The molecule has 186 valence electrons. The van der Waals surface area contributed by atoms with Crippen molar-refractivity contribution in [1.29, 1.82) is 5.26 Å². The number of anilines is 1. The lowest BCUT2D eigenvalue weighted by atomic mass is 9.98. The van der Waals surface area contributed by atoms with Gasteiger partial charge in [-0.25, -0.2) is 13.3 Å². The lowest BCUT2D eigenvalue weighted by Crippen LogP contribution is -2.25. The number of carbonyl (C=O) groups excluding carboxylic acids is 2. The summed E-state index contributed by atoms with van der Waals surface area (Å²) in [6.45, 7) is 7.61. The number of para-hydroxylation sites is 1. The Balaban J connectivity index is 1.65. The molecule has 11 heteroatoms. The number of nitrogens with two attached hydrogens (primary N) is 1. The molecule has 0 aromatic heterocycles. The van der Waals surface area contributed by atoms with Crippen LogP contribution in [0.4, 0.5) is 11.4 Å². The first-order valence-electron chi connectivity index (χ1n) is 10.9. The van der Waals surface area contributed by atoms with Crippen LogP contribution in [0.2, 0.25) is 5.02 Å². The highest BCUT2D eigenvalue weighted by Gasteiger charge is 2.33. The molecule has 3 aromatic rings. The fraction of sp³-hybridized carbons (Fsp3) is 0.154. The Labute approximate surface area is 218 Å². The molecule has 1 saturated heterocycles. The predicted molar refractivity (Wildman–Crippen MR) is 137 cm³/mol. The van der Waals surface area contributed by atoms with Crippen LogP contribution in [0, 0.1) is 17.9 Å². The highest BCUT2D eigenvalue weighted by Crippen LogP contribution is 2.41. The van der Waals surface area contributed by atoms with Gasteiger partial charge in [0.15, 0.2) is 15.6 Å². The highest BCUT2D eigenvalue weighted by atomic mass is 35.5. The summed E-state index contributed by atoms with van der Waals surface area (Å²) in [5.41, 5.74) is 6.63. The Bertz CT molecular complexity index is 1610. The molecule has 9 nitrogen and oxygen atoms in total. The molecule has 2 N–H and O–H groups in total. The van der Waals surface area contributed by atoms with Gasteiger partial charge in [-0.05, 0) is 42.0 Å². The first kappa shape index (κ1) is 25.7. The van der Waals surface area contributed by atoms with Gasteiger partial charge in [0.2, 0.25) is 17.5 Å². The Morgan fingerprint density at radius 1 is 1.24 bits per heavy atom. The van der Waals surface area contributed by atoms with Crippen molar-refractivity contribution in [2.24, 2.45) is 5.73 Å². The zero-order valence-corrected chi connectivity index (χ0v) is 21.0. The maximum atomic E-state index is 12.9. The summed E-state index contributed by atoms with van der Waals surface area (Å²) in [5.74, 6) is -1.10. The molecule has 1 aliphatic heterocycles. The van der Waals surface area contributed by atoms with Crippen LogP contribution in [-0.2, 0) is 14.6 Å². The summed E-state index contributed by atoms with van der Waals surface area (Å²) < 4.78 is 29.9. The topological polar surface area (TPSA) is 135 Å². The molecule has 1 fully saturated rings. The average Bonchev–Trinajstić information content (AvgIpc) is 3.25. The van der Waals surface area contributed by atoms with E-state index in [4.69, 9.17) is 28.6 Å². The number of sulfone groups is 1. The van der Waals surface area contributed by atoms with Crippen LogP contribution < -0.4 is 15.4 Å². The van der Waals surface area contributed by atoms with Crippen LogP contribution >= 0.6 is 11.6 Å². The number of nitriles is 1. The Morgan fingerprint density at radius 3 is 2.65 bits per heavy atom. The molecule has 0 saturated carbocycles.